The molecular formula is C36H33F6N7O. The van der Waals surface area contributed by atoms with Gasteiger partial charge in [-0.05, 0) is 79.9 Å². The molecule has 5 N–H and O–H groups in total. The quantitative estimate of drug-likeness (QED) is 0.146. The zero-order valence-electron chi connectivity index (χ0n) is 27.1. The highest BCUT2D eigenvalue weighted by Gasteiger charge is 2.45. The smallest absolute Gasteiger partial charge is 0.321 e. The van der Waals surface area contributed by atoms with Crippen molar-refractivity contribution in [2.75, 3.05) is 0 Å². The second-order valence-electron chi connectivity index (χ2n) is 11.9. The first-order valence-corrected chi connectivity index (χ1v) is 15.3. The number of aliphatic imine (C=N–C) groups is 1. The van der Waals surface area contributed by atoms with Crippen molar-refractivity contribution in [1.82, 2.24) is 19.9 Å². The van der Waals surface area contributed by atoms with Gasteiger partial charge in [0.2, 0.25) is 11.9 Å². The molecule has 0 amide bonds. The third-order valence-corrected chi connectivity index (χ3v) is 8.70. The minimum absolute atomic E-state index is 0.137. The number of nitrogens with one attached hydrogen (secondary N) is 1. The van der Waals surface area contributed by atoms with Crippen molar-refractivity contribution < 1.29 is 26.3 Å². The summed E-state index contributed by atoms with van der Waals surface area (Å²) >= 11 is 0. The van der Waals surface area contributed by atoms with Crippen LogP contribution >= 0.6 is 0 Å². The maximum atomic E-state index is 13.6. The second-order valence-corrected chi connectivity index (χ2v) is 11.9. The van der Waals surface area contributed by atoms with Crippen molar-refractivity contribution in [1.29, 1.82) is 0 Å². The number of aromatic nitrogens is 3. The van der Waals surface area contributed by atoms with Crippen LogP contribution in [0.15, 0.2) is 107 Å². The van der Waals surface area contributed by atoms with E-state index in [1.54, 1.807) is 44.2 Å². The molecule has 0 spiro atoms. The molecule has 0 radical (unpaired) electrons. The van der Waals surface area contributed by atoms with E-state index in [9.17, 15) is 31.1 Å². The number of amidine groups is 1. The van der Waals surface area contributed by atoms with E-state index in [-0.39, 0.29) is 17.2 Å². The van der Waals surface area contributed by atoms with E-state index in [1.165, 1.54) is 67.8 Å². The minimum Gasteiger partial charge on any atom is -0.354 e. The summed E-state index contributed by atoms with van der Waals surface area (Å²) in [6, 6.07) is 17.5. The number of benzene rings is 2. The van der Waals surface area contributed by atoms with Crippen LogP contribution in [0.25, 0.3) is 0 Å². The highest BCUT2D eigenvalue weighted by atomic mass is 19.3. The molecule has 260 valence electrons. The van der Waals surface area contributed by atoms with Gasteiger partial charge >= 0.3 is 6.55 Å². The zero-order chi connectivity index (χ0) is 36.4. The van der Waals surface area contributed by atoms with Gasteiger partial charge in [-0.1, -0.05) is 36.4 Å². The number of alkyl halides is 2. The lowest BCUT2D eigenvalue weighted by atomic mass is 9.79. The molecule has 14 heteroatoms. The number of nitrogens with two attached hydrogens (primary N) is 2. The molecule has 6 rings (SSSR count). The van der Waals surface area contributed by atoms with E-state index in [4.69, 9.17) is 11.5 Å². The highest BCUT2D eigenvalue weighted by Crippen LogP contribution is 2.39. The van der Waals surface area contributed by atoms with Crippen LogP contribution in [0.1, 0.15) is 53.8 Å². The van der Waals surface area contributed by atoms with Crippen molar-refractivity contribution in [2.45, 2.75) is 50.5 Å². The molecule has 0 saturated heterocycles. The molecule has 4 atom stereocenters. The summed E-state index contributed by atoms with van der Waals surface area (Å²) in [6.45, 7) is 1.98. The molecule has 3 aromatic heterocycles. The molecule has 1 aliphatic heterocycles. The van der Waals surface area contributed by atoms with Crippen molar-refractivity contribution >= 4 is 5.84 Å². The van der Waals surface area contributed by atoms with Crippen LogP contribution in [-0.4, -0.2) is 32.5 Å². The first-order chi connectivity index (χ1) is 23.7. The molecule has 50 heavy (non-hydrogen) atoms. The summed E-state index contributed by atoms with van der Waals surface area (Å²) in [6.07, 6.45) is 3.75. The summed E-state index contributed by atoms with van der Waals surface area (Å²) in [5.74, 6) is -1.76. The average Bonchev–Trinajstić information content (AvgIpc) is 3.44. The Kier molecular flexibility index (Phi) is 10.2. The number of aryl methyl sites for hydroxylation is 1. The summed E-state index contributed by atoms with van der Waals surface area (Å²) in [4.78, 5) is 24.0. The third-order valence-electron chi connectivity index (χ3n) is 8.70. The Morgan fingerprint density at radius 3 is 1.90 bits per heavy atom. The van der Waals surface area contributed by atoms with Crippen molar-refractivity contribution in [3.05, 3.63) is 165 Å². The lowest BCUT2D eigenvalue weighted by molar-refractivity contribution is 0.0660. The fourth-order valence-corrected chi connectivity index (χ4v) is 5.93. The second kappa shape index (κ2) is 14.3. The van der Waals surface area contributed by atoms with Crippen LogP contribution in [0.3, 0.4) is 0 Å². The molecule has 5 aromatic rings. The lowest BCUT2D eigenvalue weighted by Crippen LogP contribution is -2.51. The standard InChI is InChI=1S/C22H18F4N4O.C14H15F2N3/c1-12-9-14(11-30(20(12)31)21(25)26)19-28-13(2)22(29-19,15-3-6-17(23)7-4-15)16-5-8-18(24)27-10-16;1-9(17)14(18,10-2-5-12(15)6-3-10)11-4-7-13(16)19-8-11/h3-11,13,21H,1-2H3,(H,28,29);2-9H,17-18H2,1H3/t13-,22-;9-,14-/m00/s1. The van der Waals surface area contributed by atoms with Gasteiger partial charge in [0.25, 0.3) is 5.56 Å². The van der Waals surface area contributed by atoms with Gasteiger partial charge in [0, 0.05) is 41.3 Å². The Balaban J connectivity index is 0.000000219. The number of pyridine rings is 3. The van der Waals surface area contributed by atoms with Gasteiger partial charge in [0.05, 0.1) is 11.6 Å². The highest BCUT2D eigenvalue weighted by molar-refractivity contribution is 6.01. The Labute approximate surface area is 283 Å². The van der Waals surface area contributed by atoms with Gasteiger partial charge in [-0.15, -0.1) is 0 Å². The molecular weight excluding hydrogens is 660 g/mol. The predicted molar refractivity (Wildman–Crippen MR) is 176 cm³/mol. The predicted octanol–water partition coefficient (Wildman–Crippen LogP) is 5.82. The van der Waals surface area contributed by atoms with E-state index in [2.05, 4.69) is 20.3 Å². The molecule has 0 aliphatic carbocycles. The van der Waals surface area contributed by atoms with E-state index in [1.807, 2.05) is 0 Å². The molecule has 0 bridgehead atoms. The fraction of sp³-hybridized carbons (Fsp3) is 0.222. The Morgan fingerprint density at radius 2 is 1.38 bits per heavy atom. The maximum Gasteiger partial charge on any atom is 0.321 e. The monoisotopic (exact) mass is 693 g/mol. The number of hydrogen-bond acceptors (Lipinski definition) is 7. The number of halogens is 6. The van der Waals surface area contributed by atoms with Crippen LogP contribution < -0.4 is 22.3 Å². The van der Waals surface area contributed by atoms with Gasteiger partial charge in [0.1, 0.15) is 23.0 Å². The van der Waals surface area contributed by atoms with E-state index in [0.717, 1.165) is 6.20 Å². The van der Waals surface area contributed by atoms with Gasteiger partial charge in [-0.2, -0.15) is 17.6 Å². The van der Waals surface area contributed by atoms with Crippen LogP contribution in [0.2, 0.25) is 0 Å². The molecule has 0 unspecified atom stereocenters. The van der Waals surface area contributed by atoms with Gasteiger partial charge in [-0.3, -0.25) is 14.4 Å². The summed E-state index contributed by atoms with van der Waals surface area (Å²) in [5, 5.41) is 3.26. The number of rotatable bonds is 7. The first kappa shape index (κ1) is 36.0. The van der Waals surface area contributed by atoms with Crippen LogP contribution in [-0.2, 0) is 11.1 Å². The topological polar surface area (TPSA) is 124 Å². The molecule has 8 nitrogen and oxygen atoms in total. The largest absolute Gasteiger partial charge is 0.354 e. The molecule has 0 saturated carbocycles. The van der Waals surface area contributed by atoms with Gasteiger partial charge in [-0.25, -0.2) is 18.7 Å². The van der Waals surface area contributed by atoms with Crippen molar-refractivity contribution in [2.24, 2.45) is 16.5 Å². The number of nitrogens with zero attached hydrogens (tertiary/aromatic N) is 4. The molecule has 0 fully saturated rings. The normalized spacial score (nSPS) is 18.8. The Bertz CT molecular complexity index is 1940. The van der Waals surface area contributed by atoms with Crippen LogP contribution in [0.4, 0.5) is 26.3 Å². The number of hydrogen-bond donors (Lipinski definition) is 3. The van der Waals surface area contributed by atoms with Gasteiger partial charge < -0.3 is 16.8 Å². The molecule has 1 aliphatic rings. The van der Waals surface area contributed by atoms with Gasteiger partial charge in [0.15, 0.2) is 0 Å². The fourth-order valence-electron chi connectivity index (χ4n) is 5.93. The Morgan fingerprint density at radius 1 is 0.840 bits per heavy atom. The van der Waals surface area contributed by atoms with E-state index < -0.39 is 53.0 Å². The summed E-state index contributed by atoms with van der Waals surface area (Å²) in [5.41, 5.74) is 12.3. The zero-order valence-corrected chi connectivity index (χ0v) is 27.1. The summed E-state index contributed by atoms with van der Waals surface area (Å²) < 4.78 is 80.0. The molecule has 4 heterocycles. The lowest BCUT2D eigenvalue weighted by Gasteiger charge is -2.34. The maximum absolute atomic E-state index is 13.6. The van der Waals surface area contributed by atoms with Crippen molar-refractivity contribution in [3.63, 3.8) is 0 Å². The molecule has 2 aromatic carbocycles. The summed E-state index contributed by atoms with van der Waals surface area (Å²) in [7, 11) is 0. The van der Waals surface area contributed by atoms with Crippen LogP contribution in [0, 0.1) is 30.5 Å². The Hall–Kier alpha value is -5.34. The average molecular weight is 694 g/mol. The van der Waals surface area contributed by atoms with Crippen LogP contribution in [0.5, 0.6) is 0 Å². The minimum atomic E-state index is -3.01. The van der Waals surface area contributed by atoms with E-state index in [0.29, 0.717) is 32.4 Å². The third kappa shape index (κ3) is 6.89. The van der Waals surface area contributed by atoms with E-state index >= 15 is 0 Å². The first-order valence-electron chi connectivity index (χ1n) is 15.3. The SMILES string of the molecule is C[C@H](N)[C@](N)(c1ccc(F)cc1)c1ccc(F)nc1.Cc1cc(C2=N[C@@H](C)[C@](c3ccc(F)cc3)(c3ccc(F)nc3)N2)cn(C(F)F)c1=O. The van der Waals surface area contributed by atoms with Crippen molar-refractivity contribution in [3.8, 4) is 0 Å².